The van der Waals surface area contributed by atoms with E-state index in [1.54, 1.807) is 29.2 Å². The maximum Gasteiger partial charge on any atom is 0.241 e. The van der Waals surface area contributed by atoms with Crippen LogP contribution < -0.4 is 4.72 Å². The highest BCUT2D eigenvalue weighted by Gasteiger charge is 2.30. The summed E-state index contributed by atoms with van der Waals surface area (Å²) >= 11 is 0. The first-order valence-corrected chi connectivity index (χ1v) is 10.4. The molecule has 1 amide bonds. The van der Waals surface area contributed by atoms with Gasteiger partial charge >= 0.3 is 0 Å². The lowest BCUT2D eigenvalue weighted by Gasteiger charge is -2.30. The first kappa shape index (κ1) is 19.5. The molecule has 27 heavy (non-hydrogen) atoms. The molecule has 144 valence electrons. The van der Waals surface area contributed by atoms with Crippen molar-refractivity contribution >= 4 is 15.9 Å². The fraction of sp³-hybridized carbons (Fsp3) is 0.350. The summed E-state index contributed by atoms with van der Waals surface area (Å²) in [6, 6.07) is 15.1. The summed E-state index contributed by atoms with van der Waals surface area (Å²) < 4.78 is 33.6. The summed E-state index contributed by atoms with van der Waals surface area (Å²) in [5.41, 5.74) is 1.87. The molecule has 0 bridgehead atoms. The molecule has 6 nitrogen and oxygen atoms in total. The fourth-order valence-electron chi connectivity index (χ4n) is 3.01. The maximum atomic E-state index is 13.0. The van der Waals surface area contributed by atoms with Gasteiger partial charge in [0, 0.05) is 13.1 Å². The van der Waals surface area contributed by atoms with Crippen molar-refractivity contribution in [1.82, 2.24) is 9.62 Å². The Morgan fingerprint density at radius 1 is 1.07 bits per heavy atom. The Hall–Kier alpha value is -2.22. The maximum absolute atomic E-state index is 13.0. The number of benzene rings is 2. The molecular formula is C20H24N2O4S. The molecule has 2 aromatic rings. The number of hydrogen-bond acceptors (Lipinski definition) is 4. The SMILES string of the molecule is Cc1ccc(S(=O)(=O)N[C@@H](Cc2ccccc2)C(=O)N2CCOCC2)cc1. The van der Waals surface area contributed by atoms with Gasteiger partial charge in [-0.15, -0.1) is 0 Å². The molecule has 1 N–H and O–H groups in total. The summed E-state index contributed by atoms with van der Waals surface area (Å²) in [6.07, 6.45) is 0.294. The molecule has 1 fully saturated rings. The van der Waals surface area contributed by atoms with Gasteiger partial charge in [-0.05, 0) is 31.0 Å². The second-order valence-corrected chi connectivity index (χ2v) is 8.33. The molecule has 1 heterocycles. The van der Waals surface area contributed by atoms with Crippen molar-refractivity contribution in [2.45, 2.75) is 24.3 Å². The van der Waals surface area contributed by atoms with Crippen LogP contribution in [0.5, 0.6) is 0 Å². The average Bonchev–Trinajstić information content (AvgIpc) is 2.68. The molecule has 0 unspecified atom stereocenters. The van der Waals surface area contributed by atoms with Gasteiger partial charge in [-0.2, -0.15) is 4.72 Å². The monoisotopic (exact) mass is 388 g/mol. The second-order valence-electron chi connectivity index (χ2n) is 6.61. The van der Waals surface area contributed by atoms with Crippen LogP contribution in [0.25, 0.3) is 0 Å². The lowest BCUT2D eigenvalue weighted by Crippen LogP contribution is -2.52. The van der Waals surface area contributed by atoms with Crippen LogP contribution in [-0.2, 0) is 26.0 Å². The van der Waals surface area contributed by atoms with Gasteiger partial charge < -0.3 is 9.64 Å². The standard InChI is InChI=1S/C20H24N2O4S/c1-16-7-9-18(10-8-16)27(24,25)21-19(15-17-5-3-2-4-6-17)20(23)22-11-13-26-14-12-22/h2-10,19,21H,11-15H2,1H3/t19-/m0/s1. The van der Waals surface area contributed by atoms with E-state index >= 15 is 0 Å². The summed E-state index contributed by atoms with van der Waals surface area (Å²) in [5.74, 6) is -0.224. The van der Waals surface area contributed by atoms with Crippen molar-refractivity contribution in [2.75, 3.05) is 26.3 Å². The third kappa shape index (κ3) is 5.15. The van der Waals surface area contributed by atoms with E-state index in [0.717, 1.165) is 11.1 Å². The zero-order chi connectivity index (χ0) is 19.3. The zero-order valence-corrected chi connectivity index (χ0v) is 16.1. The Morgan fingerprint density at radius 3 is 2.33 bits per heavy atom. The van der Waals surface area contributed by atoms with E-state index in [-0.39, 0.29) is 10.8 Å². The summed E-state index contributed by atoms with van der Waals surface area (Å²) in [6.45, 7) is 3.76. The van der Waals surface area contributed by atoms with E-state index in [0.29, 0.717) is 32.7 Å². The van der Waals surface area contributed by atoms with Gasteiger partial charge in [0.05, 0.1) is 18.1 Å². The second kappa shape index (κ2) is 8.65. The lowest BCUT2D eigenvalue weighted by molar-refractivity contribution is -0.137. The summed E-state index contributed by atoms with van der Waals surface area (Å²) in [5, 5.41) is 0. The molecule has 0 radical (unpaired) electrons. The van der Waals surface area contributed by atoms with Crippen LogP contribution in [0.2, 0.25) is 0 Å². The Labute approximate surface area is 160 Å². The third-order valence-electron chi connectivity index (χ3n) is 4.53. The third-order valence-corrected chi connectivity index (χ3v) is 6.02. The number of rotatable bonds is 6. The molecular weight excluding hydrogens is 364 g/mol. The normalized spacial score (nSPS) is 16.1. The summed E-state index contributed by atoms with van der Waals surface area (Å²) in [4.78, 5) is 14.8. The molecule has 1 atom stereocenters. The van der Waals surface area contributed by atoms with Crippen molar-refractivity contribution in [3.05, 3.63) is 65.7 Å². The van der Waals surface area contributed by atoms with Gasteiger partial charge in [0.2, 0.25) is 15.9 Å². The van der Waals surface area contributed by atoms with Crippen LogP contribution in [-0.4, -0.2) is 51.6 Å². The molecule has 7 heteroatoms. The number of carbonyl (C=O) groups is 1. The lowest BCUT2D eigenvalue weighted by atomic mass is 10.1. The number of morpholine rings is 1. The highest BCUT2D eigenvalue weighted by molar-refractivity contribution is 7.89. The van der Waals surface area contributed by atoms with E-state index in [9.17, 15) is 13.2 Å². The van der Waals surface area contributed by atoms with Crippen LogP contribution in [0.4, 0.5) is 0 Å². The fourth-order valence-corrected chi connectivity index (χ4v) is 4.20. The Balaban J connectivity index is 1.84. The largest absolute Gasteiger partial charge is 0.378 e. The quantitative estimate of drug-likeness (QED) is 0.818. The van der Waals surface area contributed by atoms with Crippen LogP contribution in [0.15, 0.2) is 59.5 Å². The van der Waals surface area contributed by atoms with Crippen LogP contribution in [0.3, 0.4) is 0 Å². The van der Waals surface area contributed by atoms with Crippen LogP contribution in [0, 0.1) is 6.92 Å². The molecule has 3 rings (SSSR count). The van der Waals surface area contributed by atoms with E-state index in [2.05, 4.69) is 4.72 Å². The molecule has 0 aromatic heterocycles. The van der Waals surface area contributed by atoms with Crippen LogP contribution in [0.1, 0.15) is 11.1 Å². The summed E-state index contributed by atoms with van der Waals surface area (Å²) in [7, 11) is -3.81. The smallest absolute Gasteiger partial charge is 0.241 e. The average molecular weight is 388 g/mol. The van der Waals surface area contributed by atoms with Crippen molar-refractivity contribution in [3.8, 4) is 0 Å². The molecule has 0 aliphatic carbocycles. The Morgan fingerprint density at radius 2 is 1.70 bits per heavy atom. The van der Waals surface area contributed by atoms with Crippen molar-refractivity contribution in [1.29, 1.82) is 0 Å². The van der Waals surface area contributed by atoms with E-state index < -0.39 is 16.1 Å². The van der Waals surface area contributed by atoms with Crippen molar-refractivity contribution < 1.29 is 17.9 Å². The minimum absolute atomic E-state index is 0.154. The Kier molecular flexibility index (Phi) is 6.26. The van der Waals surface area contributed by atoms with E-state index in [1.165, 1.54) is 0 Å². The first-order chi connectivity index (χ1) is 13.0. The minimum Gasteiger partial charge on any atom is -0.378 e. The topological polar surface area (TPSA) is 75.7 Å². The predicted octanol–water partition coefficient (Wildman–Crippen LogP) is 1.74. The molecule has 1 aliphatic heterocycles. The van der Waals surface area contributed by atoms with Gasteiger partial charge in [0.1, 0.15) is 6.04 Å². The number of carbonyl (C=O) groups excluding carboxylic acids is 1. The highest BCUT2D eigenvalue weighted by atomic mass is 32.2. The van der Waals surface area contributed by atoms with Gasteiger partial charge in [-0.3, -0.25) is 4.79 Å². The number of nitrogens with zero attached hydrogens (tertiary/aromatic N) is 1. The van der Waals surface area contributed by atoms with Crippen molar-refractivity contribution in [3.63, 3.8) is 0 Å². The van der Waals surface area contributed by atoms with E-state index in [4.69, 9.17) is 4.74 Å². The van der Waals surface area contributed by atoms with Gasteiger partial charge in [-0.1, -0.05) is 48.0 Å². The number of ether oxygens (including phenoxy) is 1. The number of nitrogens with one attached hydrogen (secondary N) is 1. The number of aryl methyl sites for hydroxylation is 1. The molecule has 1 aliphatic rings. The molecule has 2 aromatic carbocycles. The van der Waals surface area contributed by atoms with E-state index in [1.807, 2.05) is 37.3 Å². The van der Waals surface area contributed by atoms with Crippen LogP contribution >= 0.6 is 0 Å². The highest BCUT2D eigenvalue weighted by Crippen LogP contribution is 2.14. The van der Waals surface area contributed by atoms with Gasteiger partial charge in [0.15, 0.2) is 0 Å². The van der Waals surface area contributed by atoms with Gasteiger partial charge in [0.25, 0.3) is 0 Å². The zero-order valence-electron chi connectivity index (χ0n) is 15.3. The number of amides is 1. The van der Waals surface area contributed by atoms with Crippen molar-refractivity contribution in [2.24, 2.45) is 0 Å². The Bertz CT molecular complexity index is 861. The van der Waals surface area contributed by atoms with Gasteiger partial charge in [-0.25, -0.2) is 8.42 Å². The molecule has 0 saturated carbocycles. The number of hydrogen-bond donors (Lipinski definition) is 1. The number of sulfonamides is 1. The minimum atomic E-state index is -3.81. The first-order valence-electron chi connectivity index (χ1n) is 8.95. The molecule has 0 spiro atoms. The molecule has 1 saturated heterocycles. The predicted molar refractivity (Wildman–Crippen MR) is 103 cm³/mol.